The van der Waals surface area contributed by atoms with Gasteiger partial charge in [-0.25, -0.2) is 0 Å². The molecule has 0 fully saturated rings. The van der Waals surface area contributed by atoms with Crippen LogP contribution in [0.2, 0.25) is 0 Å². The zero-order valence-electron chi connectivity index (χ0n) is 10.1. The van der Waals surface area contributed by atoms with Crippen LogP contribution >= 0.6 is 0 Å². The van der Waals surface area contributed by atoms with Crippen molar-refractivity contribution in [1.82, 2.24) is 0 Å². The molecule has 0 saturated heterocycles. The maximum absolute atomic E-state index is 10.2. The zero-order valence-corrected chi connectivity index (χ0v) is 10.1. The van der Waals surface area contributed by atoms with Crippen molar-refractivity contribution >= 4 is 43.7 Å². The number of carboxylic acids is 1. The van der Waals surface area contributed by atoms with Crippen LogP contribution < -0.4 is 0 Å². The van der Waals surface area contributed by atoms with Gasteiger partial charge in [-0.05, 0) is 6.42 Å². The molecule has 0 aromatic rings. The fourth-order valence-electron chi connectivity index (χ4n) is 1.76. The molecule has 0 aliphatic heterocycles. The van der Waals surface area contributed by atoms with Crippen molar-refractivity contribution in [2.75, 3.05) is 0 Å². The van der Waals surface area contributed by atoms with E-state index in [-0.39, 0.29) is 37.7 Å². The van der Waals surface area contributed by atoms with Gasteiger partial charge in [-0.2, -0.15) is 0 Å². The number of carboxylic acid groups (broad SMARTS) is 1. The SMILES string of the molecule is CCCCCCCCCCCCC(=O)O.[CaH2]. The van der Waals surface area contributed by atoms with E-state index in [2.05, 4.69) is 6.92 Å². The summed E-state index contributed by atoms with van der Waals surface area (Å²) in [6.45, 7) is 2.24. The van der Waals surface area contributed by atoms with Crippen molar-refractivity contribution < 1.29 is 9.90 Å². The summed E-state index contributed by atoms with van der Waals surface area (Å²) in [5.41, 5.74) is 0. The van der Waals surface area contributed by atoms with Gasteiger partial charge in [-0.1, -0.05) is 64.7 Å². The molecule has 0 unspecified atom stereocenters. The van der Waals surface area contributed by atoms with E-state index < -0.39 is 5.97 Å². The molecule has 2 nitrogen and oxygen atoms in total. The molecule has 0 rings (SSSR count). The van der Waals surface area contributed by atoms with Crippen LogP contribution in [0.3, 0.4) is 0 Å². The van der Waals surface area contributed by atoms with E-state index in [1.54, 1.807) is 0 Å². The van der Waals surface area contributed by atoms with Crippen molar-refractivity contribution in [2.24, 2.45) is 0 Å². The Hall–Kier alpha value is 0.730. The summed E-state index contributed by atoms with van der Waals surface area (Å²) < 4.78 is 0. The number of rotatable bonds is 11. The monoisotopic (exact) mass is 256 g/mol. The van der Waals surface area contributed by atoms with Crippen molar-refractivity contribution in [1.29, 1.82) is 0 Å². The van der Waals surface area contributed by atoms with Crippen LogP contribution in [-0.4, -0.2) is 48.8 Å². The summed E-state index contributed by atoms with van der Waals surface area (Å²) in [5.74, 6) is -0.658. The third-order valence-electron chi connectivity index (χ3n) is 2.74. The first-order chi connectivity index (χ1) is 7.27. The molecule has 0 bridgehead atoms. The van der Waals surface area contributed by atoms with E-state index in [1.807, 2.05) is 0 Å². The van der Waals surface area contributed by atoms with Gasteiger partial charge in [0.25, 0.3) is 0 Å². The van der Waals surface area contributed by atoms with Crippen LogP contribution in [0.25, 0.3) is 0 Å². The van der Waals surface area contributed by atoms with Crippen molar-refractivity contribution in [3.63, 3.8) is 0 Å². The molecule has 0 aromatic heterocycles. The Bertz CT molecular complexity index is 149. The summed E-state index contributed by atoms with van der Waals surface area (Å²) >= 11 is 0. The predicted molar refractivity (Wildman–Crippen MR) is 72.6 cm³/mol. The first-order valence-corrected chi connectivity index (χ1v) is 6.49. The minimum absolute atomic E-state index is 0. The molecule has 0 heterocycles. The number of aliphatic carboxylic acids is 1. The van der Waals surface area contributed by atoms with E-state index in [0.717, 1.165) is 12.8 Å². The molecule has 3 heteroatoms. The molecule has 0 saturated carbocycles. The maximum atomic E-state index is 10.2. The van der Waals surface area contributed by atoms with Crippen LogP contribution in [0.4, 0.5) is 0 Å². The van der Waals surface area contributed by atoms with Crippen LogP contribution in [0.15, 0.2) is 0 Å². The Morgan fingerprint density at radius 1 is 0.812 bits per heavy atom. The molecular formula is C13H28CaO2. The van der Waals surface area contributed by atoms with Gasteiger partial charge in [0, 0.05) is 6.42 Å². The average Bonchev–Trinajstić information content (AvgIpc) is 2.20. The van der Waals surface area contributed by atoms with E-state index in [0.29, 0.717) is 6.42 Å². The Morgan fingerprint density at radius 3 is 1.56 bits per heavy atom. The third-order valence-corrected chi connectivity index (χ3v) is 2.74. The molecule has 0 aliphatic rings. The quantitative estimate of drug-likeness (QED) is 0.454. The molecule has 0 spiro atoms. The van der Waals surface area contributed by atoms with Crippen LogP contribution in [0.1, 0.15) is 77.6 Å². The van der Waals surface area contributed by atoms with Crippen LogP contribution in [0.5, 0.6) is 0 Å². The summed E-state index contributed by atoms with van der Waals surface area (Å²) in [5, 5.41) is 8.44. The molecule has 16 heavy (non-hydrogen) atoms. The topological polar surface area (TPSA) is 37.3 Å². The Kier molecular flexibility index (Phi) is 18.8. The van der Waals surface area contributed by atoms with Gasteiger partial charge in [0.2, 0.25) is 0 Å². The first kappa shape index (κ1) is 19.1. The molecular weight excluding hydrogens is 228 g/mol. The Labute approximate surface area is 130 Å². The number of carbonyl (C=O) groups is 1. The Balaban J connectivity index is 0. The van der Waals surface area contributed by atoms with Gasteiger partial charge >= 0.3 is 43.7 Å². The normalized spacial score (nSPS) is 9.81. The van der Waals surface area contributed by atoms with E-state index in [9.17, 15) is 4.79 Å². The number of unbranched alkanes of at least 4 members (excludes halogenated alkanes) is 9. The zero-order chi connectivity index (χ0) is 11.4. The van der Waals surface area contributed by atoms with E-state index in [1.165, 1.54) is 51.4 Å². The van der Waals surface area contributed by atoms with Crippen LogP contribution in [-0.2, 0) is 4.79 Å². The molecule has 1 N–H and O–H groups in total. The second kappa shape index (κ2) is 15.7. The third kappa shape index (κ3) is 17.1. The second-order valence-electron chi connectivity index (χ2n) is 4.33. The van der Waals surface area contributed by atoms with Gasteiger partial charge in [0.1, 0.15) is 0 Å². The second-order valence-corrected chi connectivity index (χ2v) is 4.33. The average molecular weight is 256 g/mol. The van der Waals surface area contributed by atoms with E-state index in [4.69, 9.17) is 5.11 Å². The molecule has 0 aliphatic carbocycles. The predicted octanol–water partition coefficient (Wildman–Crippen LogP) is 3.47. The summed E-state index contributed by atoms with van der Waals surface area (Å²) in [4.78, 5) is 10.2. The van der Waals surface area contributed by atoms with Crippen molar-refractivity contribution in [2.45, 2.75) is 77.6 Å². The van der Waals surface area contributed by atoms with Gasteiger partial charge in [-0.15, -0.1) is 0 Å². The van der Waals surface area contributed by atoms with Crippen LogP contribution in [0, 0.1) is 0 Å². The standard InChI is InChI=1S/C13H26O2.Ca.2H/c1-2-3-4-5-6-7-8-9-10-11-12-13(14)15;;;/h2-12H2,1H3,(H,14,15);;;. The summed E-state index contributed by atoms with van der Waals surface area (Å²) in [6.07, 6.45) is 12.9. The summed E-state index contributed by atoms with van der Waals surface area (Å²) in [7, 11) is 0. The van der Waals surface area contributed by atoms with Gasteiger partial charge in [0.05, 0.1) is 0 Å². The van der Waals surface area contributed by atoms with Gasteiger partial charge < -0.3 is 5.11 Å². The van der Waals surface area contributed by atoms with Crippen molar-refractivity contribution in [3.05, 3.63) is 0 Å². The molecule has 0 radical (unpaired) electrons. The molecule has 0 amide bonds. The van der Waals surface area contributed by atoms with Gasteiger partial charge in [0.15, 0.2) is 0 Å². The Morgan fingerprint density at radius 2 is 1.19 bits per heavy atom. The molecule has 94 valence electrons. The molecule has 0 atom stereocenters. The van der Waals surface area contributed by atoms with Gasteiger partial charge in [-0.3, -0.25) is 4.79 Å². The fourth-order valence-corrected chi connectivity index (χ4v) is 1.76. The molecule has 0 aromatic carbocycles. The number of hydrogen-bond acceptors (Lipinski definition) is 1. The minimum atomic E-state index is -0.658. The fraction of sp³-hybridized carbons (Fsp3) is 0.923. The first-order valence-electron chi connectivity index (χ1n) is 6.49. The summed E-state index contributed by atoms with van der Waals surface area (Å²) in [6, 6.07) is 0. The van der Waals surface area contributed by atoms with E-state index >= 15 is 0 Å². The van der Waals surface area contributed by atoms with Crippen molar-refractivity contribution in [3.8, 4) is 0 Å². The number of hydrogen-bond donors (Lipinski definition) is 1.